The van der Waals surface area contributed by atoms with E-state index in [1.54, 1.807) is 7.11 Å². The second kappa shape index (κ2) is 6.01. The lowest BCUT2D eigenvalue weighted by atomic mass is 9.95. The Balaban J connectivity index is 2.67. The third-order valence-corrected chi connectivity index (χ3v) is 2.91. The summed E-state index contributed by atoms with van der Waals surface area (Å²) in [6.45, 7) is 4.36. The smallest absolute Gasteiger partial charge is 0.0750 e. The van der Waals surface area contributed by atoms with Gasteiger partial charge in [0.2, 0.25) is 0 Å². The molecular formula is C12H23N3O. The molecule has 0 fully saturated rings. The van der Waals surface area contributed by atoms with Gasteiger partial charge in [0, 0.05) is 26.4 Å². The number of methoxy groups -OCH3 is 1. The van der Waals surface area contributed by atoms with Gasteiger partial charge in [-0.3, -0.25) is 4.68 Å². The van der Waals surface area contributed by atoms with Crippen LogP contribution < -0.4 is 5.32 Å². The summed E-state index contributed by atoms with van der Waals surface area (Å²) in [7, 11) is 5.70. The maximum Gasteiger partial charge on any atom is 0.0750 e. The van der Waals surface area contributed by atoms with Crippen molar-refractivity contribution in [2.24, 2.45) is 13.0 Å². The molecule has 0 saturated carbocycles. The Hall–Kier alpha value is -0.870. The van der Waals surface area contributed by atoms with Crippen molar-refractivity contribution in [3.05, 3.63) is 18.0 Å². The van der Waals surface area contributed by atoms with Crippen LogP contribution in [0.1, 0.15) is 19.4 Å². The molecule has 0 bridgehead atoms. The Kier molecular flexibility index (Phi) is 4.96. The van der Waals surface area contributed by atoms with E-state index in [2.05, 4.69) is 30.5 Å². The number of rotatable bonds is 6. The van der Waals surface area contributed by atoms with E-state index in [-0.39, 0.29) is 6.10 Å². The Labute approximate surface area is 98.0 Å². The number of likely N-dealkylation sites (N-methyl/N-ethyl adjacent to an activating group) is 1. The zero-order valence-corrected chi connectivity index (χ0v) is 10.9. The van der Waals surface area contributed by atoms with Crippen molar-refractivity contribution in [2.45, 2.75) is 32.4 Å². The summed E-state index contributed by atoms with van der Waals surface area (Å²) in [6.07, 6.45) is 5.14. The van der Waals surface area contributed by atoms with E-state index < -0.39 is 0 Å². The molecule has 4 nitrogen and oxygen atoms in total. The average Bonchev–Trinajstić information content (AvgIpc) is 2.63. The zero-order valence-electron chi connectivity index (χ0n) is 10.9. The van der Waals surface area contributed by atoms with E-state index in [0.717, 1.165) is 6.42 Å². The molecule has 2 unspecified atom stereocenters. The zero-order chi connectivity index (χ0) is 12.1. The highest BCUT2D eigenvalue weighted by atomic mass is 16.5. The van der Waals surface area contributed by atoms with Gasteiger partial charge in [0.05, 0.1) is 12.3 Å². The SMILES string of the molecule is CNC(Cc1cnn(C)c1)C(OC)C(C)C. The third kappa shape index (κ3) is 3.32. The molecular weight excluding hydrogens is 202 g/mol. The Morgan fingerprint density at radius 2 is 2.19 bits per heavy atom. The predicted octanol–water partition coefficient (Wildman–Crippen LogP) is 1.22. The standard InChI is InChI=1S/C12H23N3O/c1-9(2)12(16-5)11(13-3)6-10-7-14-15(4)8-10/h7-9,11-13H,6H2,1-5H3. The summed E-state index contributed by atoms with van der Waals surface area (Å²) in [5.74, 6) is 0.499. The summed E-state index contributed by atoms with van der Waals surface area (Å²) < 4.78 is 7.39. The van der Waals surface area contributed by atoms with Crippen molar-refractivity contribution < 1.29 is 4.74 Å². The van der Waals surface area contributed by atoms with Crippen LogP contribution in [0.5, 0.6) is 0 Å². The summed E-state index contributed by atoms with van der Waals surface area (Å²) in [4.78, 5) is 0. The molecule has 0 aliphatic carbocycles. The van der Waals surface area contributed by atoms with Crippen LogP contribution in [0.3, 0.4) is 0 Å². The van der Waals surface area contributed by atoms with Crippen molar-refractivity contribution in [3.8, 4) is 0 Å². The van der Waals surface area contributed by atoms with Gasteiger partial charge in [-0.1, -0.05) is 13.8 Å². The van der Waals surface area contributed by atoms with Crippen molar-refractivity contribution >= 4 is 0 Å². The van der Waals surface area contributed by atoms with Gasteiger partial charge in [0.15, 0.2) is 0 Å². The van der Waals surface area contributed by atoms with Crippen LogP contribution in [0.2, 0.25) is 0 Å². The number of nitrogens with one attached hydrogen (secondary N) is 1. The normalized spacial score (nSPS) is 15.4. The van der Waals surface area contributed by atoms with Crippen LogP contribution >= 0.6 is 0 Å². The minimum Gasteiger partial charge on any atom is -0.380 e. The first kappa shape index (κ1) is 13.2. The summed E-state index contributed by atoms with van der Waals surface area (Å²) >= 11 is 0. The van der Waals surface area contributed by atoms with Gasteiger partial charge in [0.25, 0.3) is 0 Å². The molecule has 1 rings (SSSR count). The van der Waals surface area contributed by atoms with Gasteiger partial charge in [-0.2, -0.15) is 5.10 Å². The number of aromatic nitrogens is 2. The fourth-order valence-corrected chi connectivity index (χ4v) is 2.11. The first-order valence-corrected chi connectivity index (χ1v) is 5.76. The first-order chi connectivity index (χ1) is 7.58. The van der Waals surface area contributed by atoms with Crippen LogP contribution in [-0.4, -0.2) is 36.1 Å². The van der Waals surface area contributed by atoms with Gasteiger partial charge < -0.3 is 10.1 Å². The lowest BCUT2D eigenvalue weighted by Crippen LogP contribution is -2.43. The molecule has 4 heteroatoms. The van der Waals surface area contributed by atoms with Crippen molar-refractivity contribution in [3.63, 3.8) is 0 Å². The molecule has 1 N–H and O–H groups in total. The lowest BCUT2D eigenvalue weighted by molar-refractivity contribution is 0.0354. The van der Waals surface area contributed by atoms with E-state index in [1.807, 2.05) is 25.0 Å². The molecule has 1 heterocycles. The number of hydrogen-bond acceptors (Lipinski definition) is 3. The molecule has 0 aliphatic rings. The quantitative estimate of drug-likeness (QED) is 0.791. The van der Waals surface area contributed by atoms with Gasteiger partial charge in [-0.05, 0) is 24.9 Å². The number of hydrogen-bond donors (Lipinski definition) is 1. The maximum atomic E-state index is 5.55. The van der Waals surface area contributed by atoms with E-state index in [1.165, 1.54) is 5.56 Å². The van der Waals surface area contributed by atoms with Gasteiger partial charge >= 0.3 is 0 Å². The summed E-state index contributed by atoms with van der Waals surface area (Å²) in [6, 6.07) is 0.328. The predicted molar refractivity (Wildman–Crippen MR) is 65.4 cm³/mol. The van der Waals surface area contributed by atoms with E-state index >= 15 is 0 Å². The summed E-state index contributed by atoms with van der Waals surface area (Å²) in [5.41, 5.74) is 1.24. The second-order valence-corrected chi connectivity index (χ2v) is 4.57. The molecule has 2 atom stereocenters. The van der Waals surface area contributed by atoms with Gasteiger partial charge in [0.1, 0.15) is 0 Å². The molecule has 0 amide bonds. The number of ether oxygens (including phenoxy) is 1. The molecule has 92 valence electrons. The van der Waals surface area contributed by atoms with Crippen LogP contribution in [-0.2, 0) is 18.2 Å². The molecule has 1 aromatic heterocycles. The highest BCUT2D eigenvalue weighted by Crippen LogP contribution is 2.14. The van der Waals surface area contributed by atoms with Crippen LogP contribution in [0.25, 0.3) is 0 Å². The number of nitrogens with zero attached hydrogens (tertiary/aromatic N) is 2. The van der Waals surface area contributed by atoms with Crippen LogP contribution in [0, 0.1) is 5.92 Å². The largest absolute Gasteiger partial charge is 0.380 e. The monoisotopic (exact) mass is 225 g/mol. The molecule has 16 heavy (non-hydrogen) atoms. The Morgan fingerprint density at radius 3 is 2.56 bits per heavy atom. The van der Waals surface area contributed by atoms with Crippen LogP contribution in [0.4, 0.5) is 0 Å². The van der Waals surface area contributed by atoms with Crippen molar-refractivity contribution in [1.29, 1.82) is 0 Å². The van der Waals surface area contributed by atoms with Crippen LogP contribution in [0.15, 0.2) is 12.4 Å². The average molecular weight is 225 g/mol. The Bertz CT molecular complexity index is 309. The highest BCUT2D eigenvalue weighted by molar-refractivity contribution is 5.07. The van der Waals surface area contributed by atoms with E-state index in [9.17, 15) is 0 Å². The van der Waals surface area contributed by atoms with E-state index in [4.69, 9.17) is 4.74 Å². The van der Waals surface area contributed by atoms with E-state index in [0.29, 0.717) is 12.0 Å². The molecule has 0 spiro atoms. The fraction of sp³-hybridized carbons (Fsp3) is 0.750. The molecule has 0 saturated heterocycles. The molecule has 0 radical (unpaired) electrons. The fourth-order valence-electron chi connectivity index (χ4n) is 2.11. The van der Waals surface area contributed by atoms with Crippen molar-refractivity contribution in [2.75, 3.05) is 14.2 Å². The van der Waals surface area contributed by atoms with Crippen molar-refractivity contribution in [1.82, 2.24) is 15.1 Å². The Morgan fingerprint density at radius 1 is 1.50 bits per heavy atom. The van der Waals surface area contributed by atoms with Gasteiger partial charge in [-0.15, -0.1) is 0 Å². The number of aryl methyl sites for hydroxylation is 1. The minimum atomic E-state index is 0.227. The lowest BCUT2D eigenvalue weighted by Gasteiger charge is -2.28. The first-order valence-electron chi connectivity index (χ1n) is 5.76. The molecule has 0 aromatic carbocycles. The topological polar surface area (TPSA) is 39.1 Å². The molecule has 0 aliphatic heterocycles. The van der Waals surface area contributed by atoms with Gasteiger partial charge in [-0.25, -0.2) is 0 Å². The second-order valence-electron chi connectivity index (χ2n) is 4.57. The maximum absolute atomic E-state index is 5.55. The summed E-state index contributed by atoms with van der Waals surface area (Å²) in [5, 5.41) is 7.51. The molecule has 1 aromatic rings. The highest BCUT2D eigenvalue weighted by Gasteiger charge is 2.23. The third-order valence-electron chi connectivity index (χ3n) is 2.91. The minimum absolute atomic E-state index is 0.227.